The first kappa shape index (κ1) is 30.7. The van der Waals surface area contributed by atoms with Crippen LogP contribution in [0.25, 0.3) is 11.0 Å². The van der Waals surface area contributed by atoms with E-state index in [9.17, 15) is 14.4 Å². The number of fused-ring (bicyclic) bond motifs is 1. The third-order valence-electron chi connectivity index (χ3n) is 8.24. The molecule has 2 N–H and O–H groups in total. The molecule has 0 spiro atoms. The maximum atomic E-state index is 13.2. The van der Waals surface area contributed by atoms with Crippen LogP contribution in [-0.4, -0.2) is 79.6 Å². The number of benzene rings is 3. The number of rotatable bonds is 9. The summed E-state index contributed by atoms with van der Waals surface area (Å²) in [6.45, 7) is 5.01. The second-order valence-corrected chi connectivity index (χ2v) is 11.2. The number of aliphatic carboxylic acids is 2. The summed E-state index contributed by atoms with van der Waals surface area (Å²) in [4.78, 5) is 41.8. The summed E-state index contributed by atoms with van der Waals surface area (Å²) < 4.78 is 2.35. The average molecular weight is 595 g/mol. The first-order chi connectivity index (χ1) is 21.4. The second-order valence-electron chi connectivity index (χ2n) is 11.2. The summed E-state index contributed by atoms with van der Waals surface area (Å²) in [6, 6.07) is 27.7. The molecule has 2 fully saturated rings. The van der Waals surface area contributed by atoms with Gasteiger partial charge in [0.25, 0.3) is 5.91 Å². The van der Waals surface area contributed by atoms with Gasteiger partial charge in [-0.05, 0) is 74.2 Å². The van der Waals surface area contributed by atoms with Gasteiger partial charge in [0.1, 0.15) is 5.82 Å². The molecule has 1 amide bonds. The molecule has 9 nitrogen and oxygen atoms in total. The largest absolute Gasteiger partial charge is 0.478 e. The van der Waals surface area contributed by atoms with E-state index in [2.05, 4.69) is 70.1 Å². The van der Waals surface area contributed by atoms with Gasteiger partial charge in [-0.15, -0.1) is 0 Å². The van der Waals surface area contributed by atoms with E-state index in [-0.39, 0.29) is 5.91 Å². The summed E-state index contributed by atoms with van der Waals surface area (Å²) >= 11 is 0. The summed E-state index contributed by atoms with van der Waals surface area (Å²) in [5.74, 6) is -1.28. The Labute approximate surface area is 257 Å². The van der Waals surface area contributed by atoms with Gasteiger partial charge in [0.05, 0.1) is 11.0 Å². The third-order valence-corrected chi connectivity index (χ3v) is 8.24. The van der Waals surface area contributed by atoms with Crippen molar-refractivity contribution in [1.29, 1.82) is 0 Å². The van der Waals surface area contributed by atoms with Crippen molar-refractivity contribution >= 4 is 28.9 Å². The number of hydrogen-bond donors (Lipinski definition) is 2. The minimum absolute atomic E-state index is 0.165. The lowest BCUT2D eigenvalue weighted by atomic mass is 10.1. The van der Waals surface area contributed by atoms with Crippen LogP contribution in [0.1, 0.15) is 46.6 Å². The SMILES string of the molecule is O=C(O)/C=C/C(=O)O.O=C(c1ccc(Cc2nc3ccccc3n2CCc2ccccc2)cc1)N1CC[C@H](N2CCCC2)C1. The Morgan fingerprint density at radius 2 is 1.45 bits per heavy atom. The number of hydrogen-bond acceptors (Lipinski definition) is 5. The third kappa shape index (κ3) is 7.99. The Balaban J connectivity index is 0.000000426. The fourth-order valence-electron chi connectivity index (χ4n) is 6.00. The summed E-state index contributed by atoms with van der Waals surface area (Å²) in [7, 11) is 0. The molecule has 4 aromatic rings. The Hall–Kier alpha value is -4.76. The van der Waals surface area contributed by atoms with Gasteiger partial charge in [0, 0.05) is 49.8 Å². The number of carboxylic acids is 2. The lowest BCUT2D eigenvalue weighted by Crippen LogP contribution is -2.37. The number of aryl methyl sites for hydroxylation is 2. The van der Waals surface area contributed by atoms with Gasteiger partial charge in [-0.3, -0.25) is 9.69 Å². The van der Waals surface area contributed by atoms with E-state index in [1.165, 1.54) is 42.6 Å². The number of carbonyl (C=O) groups is 3. The molecule has 2 aliphatic heterocycles. The van der Waals surface area contributed by atoms with Crippen LogP contribution in [0.15, 0.2) is 91.0 Å². The van der Waals surface area contributed by atoms with Crippen molar-refractivity contribution in [2.45, 2.75) is 44.7 Å². The van der Waals surface area contributed by atoms with E-state index in [1.54, 1.807) is 0 Å². The first-order valence-electron chi connectivity index (χ1n) is 15.1. The lowest BCUT2D eigenvalue weighted by molar-refractivity contribution is -0.134. The summed E-state index contributed by atoms with van der Waals surface area (Å²) in [6.07, 6.45) is 6.53. The minimum Gasteiger partial charge on any atom is -0.478 e. The zero-order valence-electron chi connectivity index (χ0n) is 24.7. The van der Waals surface area contributed by atoms with Crippen molar-refractivity contribution < 1.29 is 24.6 Å². The normalized spacial score (nSPS) is 16.7. The van der Waals surface area contributed by atoms with Crippen LogP contribution >= 0.6 is 0 Å². The highest BCUT2D eigenvalue weighted by Crippen LogP contribution is 2.23. The molecule has 2 saturated heterocycles. The smallest absolute Gasteiger partial charge is 0.328 e. The van der Waals surface area contributed by atoms with Crippen LogP contribution in [0.4, 0.5) is 0 Å². The molecule has 3 aromatic carbocycles. The molecular weight excluding hydrogens is 556 g/mol. The fourth-order valence-corrected chi connectivity index (χ4v) is 6.00. The molecule has 0 radical (unpaired) electrons. The Morgan fingerprint density at radius 1 is 0.795 bits per heavy atom. The fraction of sp³-hybridized carbons (Fsp3) is 0.314. The highest BCUT2D eigenvalue weighted by Gasteiger charge is 2.31. The zero-order valence-corrected chi connectivity index (χ0v) is 24.7. The zero-order chi connectivity index (χ0) is 30.9. The van der Waals surface area contributed by atoms with Gasteiger partial charge >= 0.3 is 11.9 Å². The van der Waals surface area contributed by atoms with Gasteiger partial charge in [0.15, 0.2) is 0 Å². The lowest BCUT2D eigenvalue weighted by Gasteiger charge is -2.23. The van der Waals surface area contributed by atoms with E-state index in [4.69, 9.17) is 15.2 Å². The Bertz CT molecular complexity index is 1590. The van der Waals surface area contributed by atoms with E-state index in [1.807, 2.05) is 23.1 Å². The van der Waals surface area contributed by atoms with Gasteiger partial charge in [-0.25, -0.2) is 14.6 Å². The Kier molecular flexibility index (Phi) is 10.2. The number of nitrogens with zero attached hydrogens (tertiary/aromatic N) is 4. The van der Waals surface area contributed by atoms with Crippen molar-refractivity contribution in [1.82, 2.24) is 19.4 Å². The van der Waals surface area contributed by atoms with E-state index >= 15 is 0 Å². The van der Waals surface area contributed by atoms with E-state index < -0.39 is 11.9 Å². The number of amides is 1. The maximum absolute atomic E-state index is 13.2. The van der Waals surface area contributed by atoms with Crippen molar-refractivity contribution in [2.75, 3.05) is 26.2 Å². The van der Waals surface area contributed by atoms with Crippen molar-refractivity contribution in [3.05, 3.63) is 114 Å². The van der Waals surface area contributed by atoms with Crippen LogP contribution < -0.4 is 0 Å². The highest BCUT2D eigenvalue weighted by molar-refractivity contribution is 5.94. The molecule has 9 heteroatoms. The number of para-hydroxylation sites is 2. The predicted molar refractivity (Wildman–Crippen MR) is 169 cm³/mol. The van der Waals surface area contributed by atoms with Gasteiger partial charge in [-0.1, -0.05) is 54.6 Å². The molecule has 2 aliphatic rings. The quantitative estimate of drug-likeness (QED) is 0.265. The number of aromatic nitrogens is 2. The molecule has 0 saturated carbocycles. The molecule has 228 valence electrons. The topological polar surface area (TPSA) is 116 Å². The van der Waals surface area contributed by atoms with Crippen molar-refractivity contribution in [3.8, 4) is 0 Å². The van der Waals surface area contributed by atoms with Crippen LogP contribution in [0.2, 0.25) is 0 Å². The second kappa shape index (κ2) is 14.6. The minimum atomic E-state index is -1.26. The molecule has 0 bridgehead atoms. The van der Waals surface area contributed by atoms with E-state index in [0.29, 0.717) is 18.2 Å². The molecule has 44 heavy (non-hydrogen) atoms. The average Bonchev–Trinajstić information content (AvgIpc) is 3.80. The molecule has 0 aliphatic carbocycles. The Morgan fingerprint density at radius 3 is 2.14 bits per heavy atom. The van der Waals surface area contributed by atoms with E-state index in [0.717, 1.165) is 55.8 Å². The molecular formula is C35H38N4O5. The number of carboxylic acid groups (broad SMARTS) is 2. The highest BCUT2D eigenvalue weighted by atomic mass is 16.4. The summed E-state index contributed by atoms with van der Waals surface area (Å²) in [5.41, 5.74) is 5.52. The van der Waals surface area contributed by atoms with Crippen molar-refractivity contribution in [2.24, 2.45) is 0 Å². The molecule has 1 aromatic heterocycles. The summed E-state index contributed by atoms with van der Waals surface area (Å²) in [5, 5.41) is 15.6. The van der Waals surface area contributed by atoms with Gasteiger partial charge in [0.2, 0.25) is 0 Å². The number of likely N-dealkylation sites (tertiary alicyclic amines) is 2. The molecule has 1 atom stereocenters. The van der Waals surface area contributed by atoms with Crippen LogP contribution in [0.3, 0.4) is 0 Å². The van der Waals surface area contributed by atoms with Crippen LogP contribution in [0, 0.1) is 0 Å². The van der Waals surface area contributed by atoms with Crippen molar-refractivity contribution in [3.63, 3.8) is 0 Å². The number of carbonyl (C=O) groups excluding carboxylic acids is 1. The maximum Gasteiger partial charge on any atom is 0.328 e. The van der Waals surface area contributed by atoms with Gasteiger partial charge in [-0.2, -0.15) is 0 Å². The van der Waals surface area contributed by atoms with Crippen LogP contribution in [0.5, 0.6) is 0 Å². The molecule has 6 rings (SSSR count). The standard InChI is InChI=1S/C31H34N4O.C4H4O4/c36-31(34-20-17-27(23-34)33-18-6-7-19-33)26-14-12-25(13-15-26)22-30-32-28-10-4-5-11-29(28)35(30)21-16-24-8-2-1-3-9-24;5-3(6)1-2-4(7)8/h1-5,8-15,27H,6-7,16-23H2;1-2H,(H,5,6)(H,7,8)/b;2-1+/t27-;/m0./s1. The predicted octanol–water partition coefficient (Wildman–Crippen LogP) is 4.89. The monoisotopic (exact) mass is 594 g/mol. The molecule has 3 heterocycles. The van der Waals surface area contributed by atoms with Crippen LogP contribution in [-0.2, 0) is 29.0 Å². The van der Waals surface area contributed by atoms with Gasteiger partial charge < -0.3 is 19.7 Å². The number of imidazole rings is 1. The first-order valence-corrected chi connectivity index (χ1v) is 15.1. The molecule has 0 unspecified atom stereocenters.